The molecule has 1 saturated heterocycles. The molecule has 5 heteroatoms. The topological polar surface area (TPSA) is 50.4 Å². The number of halogens is 1. The quantitative estimate of drug-likeness (QED) is 0.877. The number of rotatable bonds is 5. The maximum atomic E-state index is 12.1. The zero-order chi connectivity index (χ0) is 14.4. The van der Waals surface area contributed by atoms with E-state index in [0.29, 0.717) is 23.1 Å². The first-order valence-electron chi connectivity index (χ1n) is 7.17. The van der Waals surface area contributed by atoms with E-state index < -0.39 is 0 Å². The minimum atomic E-state index is -0.0986. The summed E-state index contributed by atoms with van der Waals surface area (Å²) in [6, 6.07) is 5.24. The Morgan fingerprint density at radius 3 is 3.00 bits per heavy atom. The molecule has 20 heavy (non-hydrogen) atoms. The number of nitrogens with one attached hydrogen (secondary N) is 2. The zero-order valence-electron chi connectivity index (χ0n) is 11.7. The molecule has 0 aliphatic carbocycles. The highest BCUT2D eigenvalue weighted by atomic mass is 35.5. The fourth-order valence-corrected chi connectivity index (χ4v) is 2.45. The van der Waals surface area contributed by atoms with E-state index in [2.05, 4.69) is 10.6 Å². The molecule has 1 aliphatic rings. The Labute approximate surface area is 124 Å². The predicted octanol–water partition coefficient (Wildman–Crippen LogP) is 3.21. The Morgan fingerprint density at radius 2 is 2.35 bits per heavy atom. The van der Waals surface area contributed by atoms with Crippen LogP contribution in [-0.2, 0) is 4.79 Å². The normalized spacial score (nSPS) is 18.6. The van der Waals surface area contributed by atoms with E-state index >= 15 is 0 Å². The van der Waals surface area contributed by atoms with Crippen molar-refractivity contribution >= 4 is 23.2 Å². The number of hydrogen-bond donors (Lipinski definition) is 2. The molecule has 0 radical (unpaired) electrons. The van der Waals surface area contributed by atoms with Crippen LogP contribution in [0.3, 0.4) is 0 Å². The number of piperidine rings is 1. The molecule has 0 unspecified atom stereocenters. The van der Waals surface area contributed by atoms with E-state index in [4.69, 9.17) is 16.3 Å². The summed E-state index contributed by atoms with van der Waals surface area (Å²) in [6.07, 6.45) is 4.05. The molecule has 110 valence electrons. The van der Waals surface area contributed by atoms with Gasteiger partial charge in [-0.15, -0.1) is 0 Å². The average Bonchev–Trinajstić information content (AvgIpc) is 2.47. The number of benzene rings is 1. The van der Waals surface area contributed by atoms with Crippen molar-refractivity contribution in [2.45, 2.75) is 38.6 Å². The van der Waals surface area contributed by atoms with Crippen molar-refractivity contribution in [1.82, 2.24) is 5.32 Å². The summed E-state index contributed by atoms with van der Waals surface area (Å²) in [5.41, 5.74) is 0.705. The molecule has 0 aromatic heterocycles. The maximum absolute atomic E-state index is 12.1. The lowest BCUT2D eigenvalue weighted by atomic mass is 10.0. The number of carbonyl (C=O) groups is 1. The van der Waals surface area contributed by atoms with Crippen molar-refractivity contribution in [3.63, 3.8) is 0 Å². The number of amides is 1. The van der Waals surface area contributed by atoms with Crippen LogP contribution in [-0.4, -0.2) is 25.1 Å². The molecule has 1 fully saturated rings. The van der Waals surface area contributed by atoms with Crippen molar-refractivity contribution in [1.29, 1.82) is 0 Å². The minimum absolute atomic E-state index is 0.00277. The van der Waals surface area contributed by atoms with Crippen molar-refractivity contribution in [2.75, 3.05) is 18.5 Å². The number of carbonyl (C=O) groups excluding carboxylic acids is 1. The van der Waals surface area contributed by atoms with Gasteiger partial charge in [0.15, 0.2) is 0 Å². The van der Waals surface area contributed by atoms with Gasteiger partial charge >= 0.3 is 0 Å². The fraction of sp³-hybridized carbons (Fsp3) is 0.533. The second-order valence-corrected chi connectivity index (χ2v) is 5.39. The maximum Gasteiger partial charge on any atom is 0.241 e. The van der Waals surface area contributed by atoms with Crippen molar-refractivity contribution in [2.24, 2.45) is 0 Å². The summed E-state index contributed by atoms with van der Waals surface area (Å²) in [5, 5.41) is 6.64. The molecule has 0 spiro atoms. The van der Waals surface area contributed by atoms with Gasteiger partial charge in [0, 0.05) is 5.69 Å². The third-order valence-electron chi connectivity index (χ3n) is 3.29. The molecule has 1 aromatic rings. The molecule has 1 heterocycles. The van der Waals surface area contributed by atoms with Crippen molar-refractivity contribution < 1.29 is 9.53 Å². The molecule has 4 nitrogen and oxygen atoms in total. The van der Waals surface area contributed by atoms with Crippen LogP contribution in [0.4, 0.5) is 5.69 Å². The summed E-state index contributed by atoms with van der Waals surface area (Å²) >= 11 is 6.14. The second-order valence-electron chi connectivity index (χ2n) is 4.99. The average molecular weight is 297 g/mol. The lowest BCUT2D eigenvalue weighted by Crippen LogP contribution is -2.43. The third kappa shape index (κ3) is 4.12. The standard InChI is InChI=1S/C15H21ClN2O2/c1-2-9-20-14-7-6-11(10-12(14)16)18-15(19)13-5-3-4-8-17-13/h6-7,10,13,17H,2-5,8-9H2,1H3,(H,18,19)/t13-/m1/s1. The van der Waals surface area contributed by atoms with Crippen LogP contribution < -0.4 is 15.4 Å². The van der Waals surface area contributed by atoms with Crippen molar-refractivity contribution in [3.05, 3.63) is 23.2 Å². The molecular formula is C15H21ClN2O2. The van der Waals surface area contributed by atoms with Gasteiger partial charge in [0.2, 0.25) is 5.91 Å². The lowest BCUT2D eigenvalue weighted by molar-refractivity contribution is -0.118. The van der Waals surface area contributed by atoms with Crippen LogP contribution in [0.1, 0.15) is 32.6 Å². The molecular weight excluding hydrogens is 276 g/mol. The number of hydrogen-bond acceptors (Lipinski definition) is 3. The lowest BCUT2D eigenvalue weighted by Gasteiger charge is -2.22. The summed E-state index contributed by atoms with van der Waals surface area (Å²) in [5.74, 6) is 0.658. The summed E-state index contributed by atoms with van der Waals surface area (Å²) in [6.45, 7) is 3.58. The van der Waals surface area contributed by atoms with Gasteiger partial charge in [-0.25, -0.2) is 0 Å². The van der Waals surface area contributed by atoms with E-state index in [9.17, 15) is 4.79 Å². The van der Waals surface area contributed by atoms with E-state index in [1.165, 1.54) is 0 Å². The Hall–Kier alpha value is -1.26. The van der Waals surface area contributed by atoms with Gasteiger partial charge in [0.05, 0.1) is 17.7 Å². The Bertz CT molecular complexity index is 459. The molecule has 2 rings (SSSR count). The van der Waals surface area contributed by atoms with E-state index in [1.54, 1.807) is 12.1 Å². The highest BCUT2D eigenvalue weighted by Crippen LogP contribution is 2.28. The molecule has 1 aromatic carbocycles. The number of anilines is 1. The van der Waals surface area contributed by atoms with Crippen LogP contribution in [0.15, 0.2) is 18.2 Å². The van der Waals surface area contributed by atoms with Gasteiger partial charge < -0.3 is 15.4 Å². The second kappa shape index (κ2) is 7.50. The predicted molar refractivity (Wildman–Crippen MR) is 81.5 cm³/mol. The molecule has 0 bridgehead atoms. The van der Waals surface area contributed by atoms with Gasteiger partial charge in [-0.3, -0.25) is 4.79 Å². The summed E-state index contributed by atoms with van der Waals surface area (Å²) < 4.78 is 5.51. The van der Waals surface area contributed by atoms with Crippen LogP contribution in [0, 0.1) is 0 Å². The molecule has 2 N–H and O–H groups in total. The zero-order valence-corrected chi connectivity index (χ0v) is 12.5. The monoisotopic (exact) mass is 296 g/mol. The van der Waals surface area contributed by atoms with Crippen LogP contribution in [0.5, 0.6) is 5.75 Å². The molecule has 1 amide bonds. The van der Waals surface area contributed by atoms with Crippen LogP contribution in [0.2, 0.25) is 5.02 Å². The van der Waals surface area contributed by atoms with Crippen LogP contribution >= 0.6 is 11.6 Å². The highest BCUT2D eigenvalue weighted by Gasteiger charge is 2.20. The first-order valence-corrected chi connectivity index (χ1v) is 7.55. The van der Waals surface area contributed by atoms with E-state index in [0.717, 1.165) is 32.2 Å². The third-order valence-corrected chi connectivity index (χ3v) is 3.58. The Balaban J connectivity index is 1.95. The van der Waals surface area contributed by atoms with E-state index in [-0.39, 0.29) is 11.9 Å². The smallest absolute Gasteiger partial charge is 0.241 e. The van der Waals surface area contributed by atoms with Gasteiger partial charge in [0.1, 0.15) is 5.75 Å². The molecule has 1 aliphatic heterocycles. The first kappa shape index (κ1) is 15.1. The minimum Gasteiger partial charge on any atom is -0.492 e. The number of ether oxygens (including phenoxy) is 1. The summed E-state index contributed by atoms with van der Waals surface area (Å²) in [4.78, 5) is 12.1. The Kier molecular flexibility index (Phi) is 5.68. The van der Waals surface area contributed by atoms with Crippen LogP contribution in [0.25, 0.3) is 0 Å². The highest BCUT2D eigenvalue weighted by molar-refractivity contribution is 6.32. The van der Waals surface area contributed by atoms with E-state index in [1.807, 2.05) is 13.0 Å². The van der Waals surface area contributed by atoms with Gasteiger partial charge in [-0.05, 0) is 44.0 Å². The van der Waals surface area contributed by atoms with Gasteiger partial charge in [-0.1, -0.05) is 24.9 Å². The van der Waals surface area contributed by atoms with Gasteiger partial charge in [-0.2, -0.15) is 0 Å². The largest absolute Gasteiger partial charge is 0.492 e. The first-order chi connectivity index (χ1) is 9.70. The Morgan fingerprint density at radius 1 is 1.50 bits per heavy atom. The van der Waals surface area contributed by atoms with Crippen molar-refractivity contribution in [3.8, 4) is 5.75 Å². The molecule has 0 saturated carbocycles. The SMILES string of the molecule is CCCOc1ccc(NC(=O)[C@H]2CCCCN2)cc1Cl. The fourth-order valence-electron chi connectivity index (χ4n) is 2.21. The molecule has 1 atom stereocenters. The van der Waals surface area contributed by atoms with Gasteiger partial charge in [0.25, 0.3) is 0 Å². The summed E-state index contributed by atoms with van der Waals surface area (Å²) in [7, 11) is 0.